The molecule has 3 rings (SSSR count). The van der Waals surface area contributed by atoms with Crippen molar-refractivity contribution in [1.29, 1.82) is 0 Å². The Hall–Kier alpha value is -2.01. The van der Waals surface area contributed by atoms with E-state index in [1.807, 2.05) is 30.6 Å². The minimum absolute atomic E-state index is 0.455. The minimum Gasteiger partial charge on any atom is -0.493 e. The second-order valence-electron chi connectivity index (χ2n) is 5.78. The average molecular weight is 311 g/mol. The van der Waals surface area contributed by atoms with Crippen molar-refractivity contribution < 1.29 is 14.1 Å². The zero-order valence-electron chi connectivity index (χ0n) is 13.7. The van der Waals surface area contributed by atoms with Gasteiger partial charge in [-0.3, -0.25) is 4.98 Å². The highest BCUT2D eigenvalue weighted by Gasteiger charge is 2.19. The Morgan fingerprint density at radius 2 is 2.13 bits per heavy atom. The van der Waals surface area contributed by atoms with E-state index in [1.54, 1.807) is 7.11 Å². The van der Waals surface area contributed by atoms with Crippen molar-refractivity contribution in [3.63, 3.8) is 0 Å². The number of nitrogens with zero attached hydrogens (tertiary/aromatic N) is 1. The lowest BCUT2D eigenvalue weighted by Crippen LogP contribution is -1.99. The second kappa shape index (κ2) is 7.51. The van der Waals surface area contributed by atoms with Gasteiger partial charge in [0, 0.05) is 30.5 Å². The van der Waals surface area contributed by atoms with Gasteiger partial charge in [0.25, 0.3) is 7.48 Å². The molecule has 2 aromatic rings. The number of hydrogen-bond donors (Lipinski definition) is 0. The summed E-state index contributed by atoms with van der Waals surface area (Å²) in [5.74, 6) is 1.99. The first-order valence-electron chi connectivity index (χ1n) is 8.15. The molecule has 0 N–H and O–H groups in total. The monoisotopic (exact) mass is 311 g/mol. The highest BCUT2D eigenvalue weighted by atomic mass is 16.5. The van der Waals surface area contributed by atoms with E-state index in [2.05, 4.69) is 18.0 Å². The van der Waals surface area contributed by atoms with Crippen LogP contribution in [0.4, 0.5) is 0 Å². The molecule has 1 aromatic carbocycles. The molecule has 0 aliphatic carbocycles. The summed E-state index contributed by atoms with van der Waals surface area (Å²) in [6, 6.07) is 8.23. The Bertz CT molecular complexity index is 656. The first-order chi connectivity index (χ1) is 11.3. The number of rotatable bonds is 6. The number of aromatic nitrogens is 1. The predicted molar refractivity (Wildman–Crippen MR) is 92.7 cm³/mol. The van der Waals surface area contributed by atoms with Crippen LogP contribution in [0.5, 0.6) is 11.5 Å². The van der Waals surface area contributed by atoms with Gasteiger partial charge < -0.3 is 14.1 Å². The largest absolute Gasteiger partial charge is 0.493 e. The third-order valence-electron chi connectivity index (χ3n) is 4.12. The van der Waals surface area contributed by atoms with E-state index >= 15 is 0 Å². The Kier molecular flexibility index (Phi) is 5.18. The van der Waals surface area contributed by atoms with Gasteiger partial charge in [-0.05, 0) is 42.1 Å². The van der Waals surface area contributed by atoms with Gasteiger partial charge in [0.05, 0.1) is 13.7 Å². The van der Waals surface area contributed by atoms with E-state index in [9.17, 15) is 0 Å². The van der Waals surface area contributed by atoms with Crippen LogP contribution in [0.25, 0.3) is 11.1 Å². The van der Waals surface area contributed by atoms with Gasteiger partial charge in [-0.1, -0.05) is 13.0 Å². The maximum Gasteiger partial charge on any atom is 0.275 e. The molecule has 1 fully saturated rings. The summed E-state index contributed by atoms with van der Waals surface area (Å²) in [5, 5.41) is 0. The summed E-state index contributed by atoms with van der Waals surface area (Å²) in [6.07, 6.45) is 5.87. The van der Waals surface area contributed by atoms with Crippen LogP contribution < -0.4 is 9.47 Å². The van der Waals surface area contributed by atoms with E-state index in [4.69, 9.17) is 14.1 Å². The molecule has 4 nitrogen and oxygen atoms in total. The predicted octanol–water partition coefficient (Wildman–Crippen LogP) is 3.43. The molecular weight excluding hydrogens is 289 g/mol. The lowest BCUT2D eigenvalue weighted by atomic mass is 9.86. The van der Waals surface area contributed by atoms with Crippen molar-refractivity contribution in [3.8, 4) is 22.6 Å². The van der Waals surface area contributed by atoms with E-state index in [1.165, 1.54) is 5.56 Å². The third kappa shape index (κ3) is 3.67. The molecule has 1 aromatic heterocycles. The zero-order valence-corrected chi connectivity index (χ0v) is 13.7. The summed E-state index contributed by atoms with van der Waals surface area (Å²) < 4.78 is 16.7. The molecule has 0 spiro atoms. The molecule has 0 unspecified atom stereocenters. The van der Waals surface area contributed by atoms with Crippen LogP contribution in [0.15, 0.2) is 36.7 Å². The molecule has 2 heterocycles. The van der Waals surface area contributed by atoms with Crippen LogP contribution in [-0.4, -0.2) is 32.8 Å². The molecule has 0 bridgehead atoms. The quantitative estimate of drug-likeness (QED) is 0.766. The van der Waals surface area contributed by atoms with Crippen molar-refractivity contribution in [1.82, 2.24) is 4.98 Å². The van der Waals surface area contributed by atoms with Gasteiger partial charge in [0.2, 0.25) is 0 Å². The van der Waals surface area contributed by atoms with Gasteiger partial charge in [-0.15, -0.1) is 0 Å². The van der Waals surface area contributed by atoms with Crippen LogP contribution >= 0.6 is 0 Å². The highest BCUT2D eigenvalue weighted by molar-refractivity contribution is 6.28. The third-order valence-corrected chi connectivity index (χ3v) is 4.12. The SMILES string of the molecule is CCCOc1cc(-c2cncc([C@H]3CBOC3)c2)ccc1OC. The highest BCUT2D eigenvalue weighted by Crippen LogP contribution is 2.34. The molecule has 1 aliphatic heterocycles. The Morgan fingerprint density at radius 3 is 2.87 bits per heavy atom. The van der Waals surface area contributed by atoms with Crippen LogP contribution in [0.3, 0.4) is 0 Å². The normalized spacial score (nSPS) is 16.9. The molecule has 1 saturated heterocycles. The fraction of sp³-hybridized carbons (Fsp3) is 0.389. The van der Waals surface area contributed by atoms with Crippen molar-refractivity contribution in [2.24, 2.45) is 0 Å². The van der Waals surface area contributed by atoms with E-state index < -0.39 is 0 Å². The van der Waals surface area contributed by atoms with Gasteiger partial charge in [0.15, 0.2) is 11.5 Å². The summed E-state index contributed by atoms with van der Waals surface area (Å²) in [6.45, 7) is 3.56. The zero-order chi connectivity index (χ0) is 16.1. The van der Waals surface area contributed by atoms with Crippen molar-refractivity contribution in [3.05, 3.63) is 42.2 Å². The van der Waals surface area contributed by atoms with Gasteiger partial charge in [-0.25, -0.2) is 0 Å². The summed E-state index contributed by atoms with van der Waals surface area (Å²) in [5.41, 5.74) is 3.43. The van der Waals surface area contributed by atoms with Crippen molar-refractivity contribution >= 4 is 7.48 Å². The van der Waals surface area contributed by atoms with E-state index in [-0.39, 0.29) is 0 Å². The van der Waals surface area contributed by atoms with E-state index in [0.717, 1.165) is 49.5 Å². The Balaban J connectivity index is 1.89. The van der Waals surface area contributed by atoms with Gasteiger partial charge >= 0.3 is 0 Å². The lowest BCUT2D eigenvalue weighted by molar-refractivity contribution is 0.294. The van der Waals surface area contributed by atoms with Crippen LogP contribution in [-0.2, 0) is 4.65 Å². The molecule has 5 heteroatoms. The average Bonchev–Trinajstić information content (AvgIpc) is 3.14. The number of ether oxygens (including phenoxy) is 2. The standard InChI is InChI=1S/C18H22BNO3/c1-3-6-22-18-8-13(4-5-17(18)21-2)14-7-15(11-20-10-14)16-9-19-23-12-16/h4-5,7-8,10-11,16,19H,3,6,9,12H2,1-2H3/t16-/m0/s1. The molecular formula is C18H22BNO3. The Morgan fingerprint density at radius 1 is 1.22 bits per heavy atom. The van der Waals surface area contributed by atoms with Crippen LogP contribution in [0.1, 0.15) is 24.8 Å². The molecule has 120 valence electrons. The Labute approximate surface area is 138 Å². The first-order valence-corrected chi connectivity index (χ1v) is 8.15. The number of methoxy groups -OCH3 is 1. The smallest absolute Gasteiger partial charge is 0.275 e. The molecule has 0 radical (unpaired) electrons. The molecule has 1 atom stereocenters. The summed E-state index contributed by atoms with van der Waals surface area (Å²) in [4.78, 5) is 4.41. The second-order valence-corrected chi connectivity index (χ2v) is 5.78. The fourth-order valence-electron chi connectivity index (χ4n) is 2.82. The molecule has 1 aliphatic rings. The van der Waals surface area contributed by atoms with Gasteiger partial charge in [-0.2, -0.15) is 0 Å². The fourth-order valence-corrected chi connectivity index (χ4v) is 2.82. The summed E-state index contributed by atoms with van der Waals surface area (Å²) >= 11 is 0. The van der Waals surface area contributed by atoms with Crippen molar-refractivity contribution in [2.75, 3.05) is 20.3 Å². The number of benzene rings is 1. The topological polar surface area (TPSA) is 40.6 Å². The van der Waals surface area contributed by atoms with Gasteiger partial charge in [0.1, 0.15) is 0 Å². The minimum atomic E-state index is 0.455. The maximum absolute atomic E-state index is 5.80. The molecule has 0 saturated carbocycles. The van der Waals surface area contributed by atoms with E-state index in [0.29, 0.717) is 12.5 Å². The molecule has 0 amide bonds. The summed E-state index contributed by atoms with van der Waals surface area (Å²) in [7, 11) is 2.50. The lowest BCUT2D eigenvalue weighted by Gasteiger charge is -2.13. The van der Waals surface area contributed by atoms with Crippen LogP contribution in [0, 0.1) is 0 Å². The van der Waals surface area contributed by atoms with Crippen LogP contribution in [0.2, 0.25) is 6.32 Å². The number of pyridine rings is 1. The van der Waals surface area contributed by atoms with Crippen molar-refractivity contribution in [2.45, 2.75) is 25.6 Å². The maximum atomic E-state index is 5.80. The first kappa shape index (κ1) is 15.9. The number of hydrogen-bond acceptors (Lipinski definition) is 4. The molecule has 23 heavy (non-hydrogen) atoms.